The molecule has 1 aromatic carbocycles. The average Bonchev–Trinajstić information content (AvgIpc) is 2.65. The molecular formula is C13H19NO. The molecule has 0 bridgehead atoms. The lowest BCUT2D eigenvalue weighted by atomic mass is 10.1. The molecule has 0 fully saturated rings. The molecule has 1 aromatic rings. The first-order valence-electron chi connectivity index (χ1n) is 5.76. The van der Waals surface area contributed by atoms with Crippen molar-refractivity contribution in [3.63, 3.8) is 0 Å². The normalized spacial score (nSPS) is 13.8. The number of benzene rings is 1. The molecule has 0 unspecified atom stereocenters. The Morgan fingerprint density at radius 2 is 2.27 bits per heavy atom. The molecule has 2 heteroatoms. The van der Waals surface area contributed by atoms with Crippen LogP contribution in [0.5, 0.6) is 5.75 Å². The Balaban J connectivity index is 2.00. The Bertz CT molecular complexity index is 333. The minimum absolute atomic E-state index is 0.746. The van der Waals surface area contributed by atoms with Crippen molar-refractivity contribution >= 4 is 5.69 Å². The molecule has 0 spiro atoms. The first kappa shape index (κ1) is 10.3. The van der Waals surface area contributed by atoms with E-state index in [0.717, 1.165) is 36.9 Å². The number of fused-ring (bicyclic) bond motifs is 1. The van der Waals surface area contributed by atoms with Crippen molar-refractivity contribution in [2.24, 2.45) is 5.92 Å². The molecule has 0 atom stereocenters. The largest absolute Gasteiger partial charge is 0.491 e. The van der Waals surface area contributed by atoms with Crippen LogP contribution in [-0.4, -0.2) is 13.2 Å². The van der Waals surface area contributed by atoms with Crippen LogP contribution in [0.1, 0.15) is 25.8 Å². The van der Waals surface area contributed by atoms with Crippen LogP contribution in [0.25, 0.3) is 0 Å². The Hall–Kier alpha value is -1.18. The molecule has 15 heavy (non-hydrogen) atoms. The van der Waals surface area contributed by atoms with Gasteiger partial charge >= 0.3 is 0 Å². The van der Waals surface area contributed by atoms with Crippen LogP contribution < -0.4 is 10.1 Å². The summed E-state index contributed by atoms with van der Waals surface area (Å²) in [6.45, 7) is 6.34. The summed E-state index contributed by atoms with van der Waals surface area (Å²) in [5.41, 5.74) is 2.50. The molecule has 1 aliphatic heterocycles. The van der Waals surface area contributed by atoms with Crippen LogP contribution in [0.4, 0.5) is 5.69 Å². The summed E-state index contributed by atoms with van der Waals surface area (Å²) in [4.78, 5) is 0. The maximum Gasteiger partial charge on any atom is 0.145 e. The zero-order valence-corrected chi connectivity index (χ0v) is 9.55. The van der Waals surface area contributed by atoms with Crippen molar-refractivity contribution < 1.29 is 4.74 Å². The average molecular weight is 205 g/mol. The van der Waals surface area contributed by atoms with Gasteiger partial charge in [-0.2, -0.15) is 0 Å². The van der Waals surface area contributed by atoms with Crippen LogP contribution in [0, 0.1) is 5.92 Å². The van der Waals surface area contributed by atoms with Crippen molar-refractivity contribution in [1.82, 2.24) is 0 Å². The molecule has 0 saturated heterocycles. The van der Waals surface area contributed by atoms with E-state index in [-0.39, 0.29) is 0 Å². The van der Waals surface area contributed by atoms with Crippen LogP contribution >= 0.6 is 0 Å². The van der Waals surface area contributed by atoms with E-state index >= 15 is 0 Å². The summed E-state index contributed by atoms with van der Waals surface area (Å²) in [7, 11) is 0. The first-order chi connectivity index (χ1) is 7.27. The highest BCUT2D eigenvalue weighted by Crippen LogP contribution is 2.33. The molecule has 82 valence electrons. The standard InChI is InChI=1S/C13H19NO/c1-10(2)6-8-14-12-5-3-4-11-7-9-15-13(11)12/h3-5,10,14H,6-9H2,1-2H3. The summed E-state index contributed by atoms with van der Waals surface area (Å²) in [6, 6.07) is 6.35. The zero-order chi connectivity index (χ0) is 10.7. The van der Waals surface area contributed by atoms with E-state index in [9.17, 15) is 0 Å². The Morgan fingerprint density at radius 1 is 1.40 bits per heavy atom. The van der Waals surface area contributed by atoms with Gasteiger partial charge in [0, 0.05) is 13.0 Å². The third-order valence-corrected chi connectivity index (χ3v) is 2.75. The first-order valence-corrected chi connectivity index (χ1v) is 5.76. The molecule has 0 amide bonds. The van der Waals surface area contributed by atoms with E-state index < -0.39 is 0 Å². The Kier molecular flexibility index (Phi) is 3.14. The highest BCUT2D eigenvalue weighted by molar-refractivity contribution is 5.61. The third kappa shape index (κ3) is 2.44. The lowest BCUT2D eigenvalue weighted by molar-refractivity contribution is 0.358. The van der Waals surface area contributed by atoms with Crippen molar-refractivity contribution in [3.05, 3.63) is 23.8 Å². The molecule has 0 saturated carbocycles. The van der Waals surface area contributed by atoms with Gasteiger partial charge in [0.25, 0.3) is 0 Å². The fourth-order valence-corrected chi connectivity index (χ4v) is 1.85. The number of rotatable bonds is 4. The number of nitrogens with one attached hydrogen (secondary N) is 1. The third-order valence-electron chi connectivity index (χ3n) is 2.75. The van der Waals surface area contributed by atoms with E-state index in [2.05, 4.69) is 37.4 Å². The van der Waals surface area contributed by atoms with E-state index in [1.807, 2.05) is 0 Å². The maximum absolute atomic E-state index is 5.62. The quantitative estimate of drug-likeness (QED) is 0.815. The molecule has 0 radical (unpaired) electrons. The van der Waals surface area contributed by atoms with Crippen molar-refractivity contribution in [3.8, 4) is 5.75 Å². The van der Waals surface area contributed by atoms with Gasteiger partial charge in [0.1, 0.15) is 5.75 Å². The number of ether oxygens (including phenoxy) is 1. The number of anilines is 1. The van der Waals surface area contributed by atoms with E-state index in [1.54, 1.807) is 0 Å². The highest BCUT2D eigenvalue weighted by atomic mass is 16.5. The fraction of sp³-hybridized carbons (Fsp3) is 0.538. The van der Waals surface area contributed by atoms with Crippen LogP contribution in [0.15, 0.2) is 18.2 Å². The smallest absolute Gasteiger partial charge is 0.145 e. The van der Waals surface area contributed by atoms with Gasteiger partial charge in [-0.25, -0.2) is 0 Å². The molecule has 0 aromatic heterocycles. The topological polar surface area (TPSA) is 21.3 Å². The van der Waals surface area contributed by atoms with Crippen molar-refractivity contribution in [1.29, 1.82) is 0 Å². The van der Waals surface area contributed by atoms with Gasteiger partial charge in [-0.3, -0.25) is 0 Å². The minimum atomic E-state index is 0.746. The lowest BCUT2D eigenvalue weighted by Gasteiger charge is -2.11. The number of para-hydroxylation sites is 1. The summed E-state index contributed by atoms with van der Waals surface area (Å²) >= 11 is 0. The molecule has 1 N–H and O–H groups in total. The van der Waals surface area contributed by atoms with Crippen molar-refractivity contribution in [2.75, 3.05) is 18.5 Å². The summed E-state index contributed by atoms with van der Waals surface area (Å²) in [5.74, 6) is 1.82. The molecule has 1 aliphatic rings. The van der Waals surface area contributed by atoms with Crippen LogP contribution in [0.3, 0.4) is 0 Å². The van der Waals surface area contributed by atoms with Gasteiger partial charge in [0.05, 0.1) is 12.3 Å². The zero-order valence-electron chi connectivity index (χ0n) is 9.55. The van der Waals surface area contributed by atoms with Gasteiger partial charge in [-0.15, -0.1) is 0 Å². The summed E-state index contributed by atoms with van der Waals surface area (Å²) in [5, 5.41) is 3.45. The number of hydrogen-bond donors (Lipinski definition) is 1. The van der Waals surface area contributed by atoms with Crippen molar-refractivity contribution in [2.45, 2.75) is 26.7 Å². The van der Waals surface area contributed by atoms with Gasteiger partial charge < -0.3 is 10.1 Å². The van der Waals surface area contributed by atoms with Gasteiger partial charge in [0.2, 0.25) is 0 Å². The highest BCUT2D eigenvalue weighted by Gasteiger charge is 2.15. The van der Waals surface area contributed by atoms with E-state index in [4.69, 9.17) is 4.74 Å². The second kappa shape index (κ2) is 4.56. The van der Waals surface area contributed by atoms with Crippen LogP contribution in [0.2, 0.25) is 0 Å². The molecule has 2 nitrogen and oxygen atoms in total. The van der Waals surface area contributed by atoms with Crippen LogP contribution in [-0.2, 0) is 6.42 Å². The van der Waals surface area contributed by atoms with Gasteiger partial charge in [0.15, 0.2) is 0 Å². The molecular weight excluding hydrogens is 186 g/mol. The Labute approximate surface area is 91.6 Å². The van der Waals surface area contributed by atoms with E-state index in [0.29, 0.717) is 0 Å². The van der Waals surface area contributed by atoms with E-state index in [1.165, 1.54) is 12.0 Å². The fourth-order valence-electron chi connectivity index (χ4n) is 1.85. The maximum atomic E-state index is 5.62. The lowest BCUT2D eigenvalue weighted by Crippen LogP contribution is -2.05. The second-order valence-corrected chi connectivity index (χ2v) is 4.50. The molecule has 2 rings (SSSR count). The molecule has 1 heterocycles. The summed E-state index contributed by atoms with van der Waals surface area (Å²) < 4.78 is 5.62. The Morgan fingerprint density at radius 3 is 3.07 bits per heavy atom. The predicted molar refractivity (Wildman–Crippen MR) is 63.6 cm³/mol. The summed E-state index contributed by atoms with van der Waals surface area (Å²) in [6.07, 6.45) is 2.25. The number of hydrogen-bond acceptors (Lipinski definition) is 2. The molecule has 0 aliphatic carbocycles. The SMILES string of the molecule is CC(C)CCNc1cccc2c1OCC2. The van der Waals surface area contributed by atoms with Gasteiger partial charge in [-0.1, -0.05) is 26.0 Å². The monoisotopic (exact) mass is 205 g/mol. The minimum Gasteiger partial charge on any atom is -0.491 e. The van der Waals surface area contributed by atoms with Gasteiger partial charge in [-0.05, 0) is 24.0 Å². The second-order valence-electron chi connectivity index (χ2n) is 4.50. The predicted octanol–water partition coefficient (Wildman–Crippen LogP) is 3.08.